The van der Waals surface area contributed by atoms with Gasteiger partial charge in [-0.1, -0.05) is 18.6 Å². The number of carbonyl (C=O) groups excluding carboxylic acids is 1. The summed E-state index contributed by atoms with van der Waals surface area (Å²) in [5, 5.41) is 0.485. The van der Waals surface area contributed by atoms with Gasteiger partial charge in [0.1, 0.15) is 5.75 Å². The van der Waals surface area contributed by atoms with Gasteiger partial charge in [-0.05, 0) is 66.6 Å². The molecule has 1 amide bonds. The largest absolute Gasteiger partial charge is 0.496 e. The smallest absolute Gasteiger partial charge is 0.264 e. The fraction of sp³-hybridized carbons (Fsp3) is 0.304. The first kappa shape index (κ1) is 19.1. The molecule has 1 fully saturated rings. The van der Waals surface area contributed by atoms with Crippen LogP contribution in [0.3, 0.4) is 0 Å². The molecule has 0 unspecified atom stereocenters. The van der Waals surface area contributed by atoms with Crippen molar-refractivity contribution in [3.63, 3.8) is 0 Å². The lowest BCUT2D eigenvalue weighted by molar-refractivity contribution is -0.121. The summed E-state index contributed by atoms with van der Waals surface area (Å²) in [7, 11) is -2.45. The van der Waals surface area contributed by atoms with E-state index in [0.717, 1.165) is 11.1 Å². The van der Waals surface area contributed by atoms with Gasteiger partial charge < -0.3 is 4.74 Å². The maximum Gasteiger partial charge on any atom is 0.264 e. The standard InChI is InChI=1S/C23H22N2O4S/c1-29-20-11-10-15(14-5-2-6-14)17-13-18(22(17)20)23(26)25-30(27,28)21-9-3-8-19-16(21)7-4-12-24-19/h3-4,7-12,14,18H,2,5-6,13H2,1H3,(H,25,26)/t18-/m0/s1. The van der Waals surface area contributed by atoms with Gasteiger partial charge in [0, 0.05) is 17.1 Å². The molecule has 3 aromatic rings. The van der Waals surface area contributed by atoms with E-state index in [1.807, 2.05) is 6.07 Å². The lowest BCUT2D eigenvalue weighted by atomic mass is 9.68. The molecular formula is C23H22N2O4S. The van der Waals surface area contributed by atoms with Crippen LogP contribution in [0, 0.1) is 0 Å². The first-order chi connectivity index (χ1) is 14.5. The van der Waals surface area contributed by atoms with E-state index in [0.29, 0.717) is 29.0 Å². The second-order valence-corrected chi connectivity index (χ2v) is 9.58. The molecule has 6 nitrogen and oxygen atoms in total. The number of hydrogen-bond donors (Lipinski definition) is 1. The van der Waals surface area contributed by atoms with Crippen molar-refractivity contribution in [2.75, 3.05) is 7.11 Å². The average Bonchev–Trinajstić information content (AvgIpc) is 2.67. The van der Waals surface area contributed by atoms with Gasteiger partial charge in [0.25, 0.3) is 10.0 Å². The van der Waals surface area contributed by atoms with Gasteiger partial charge in [-0.25, -0.2) is 13.1 Å². The molecule has 1 atom stereocenters. The van der Waals surface area contributed by atoms with Gasteiger partial charge in [-0.15, -0.1) is 0 Å². The molecule has 0 radical (unpaired) electrons. The van der Waals surface area contributed by atoms with Crippen molar-refractivity contribution in [3.8, 4) is 5.75 Å². The predicted molar refractivity (Wildman–Crippen MR) is 113 cm³/mol. The summed E-state index contributed by atoms with van der Waals surface area (Å²) in [5.41, 5.74) is 3.82. The van der Waals surface area contributed by atoms with E-state index in [2.05, 4.69) is 15.8 Å². The summed E-state index contributed by atoms with van der Waals surface area (Å²) in [6.45, 7) is 0. The van der Waals surface area contributed by atoms with Crippen LogP contribution < -0.4 is 9.46 Å². The fourth-order valence-corrected chi connectivity index (χ4v) is 5.75. The maximum absolute atomic E-state index is 13.0. The van der Waals surface area contributed by atoms with Gasteiger partial charge in [0.15, 0.2) is 0 Å². The number of nitrogens with one attached hydrogen (secondary N) is 1. The van der Waals surface area contributed by atoms with E-state index >= 15 is 0 Å². The highest BCUT2D eigenvalue weighted by Gasteiger charge is 2.40. The topological polar surface area (TPSA) is 85.4 Å². The molecule has 1 saturated carbocycles. The zero-order chi connectivity index (χ0) is 20.9. The highest BCUT2D eigenvalue weighted by atomic mass is 32.2. The molecule has 154 valence electrons. The zero-order valence-corrected chi connectivity index (χ0v) is 17.4. The van der Waals surface area contributed by atoms with Crippen LogP contribution in [0.5, 0.6) is 5.75 Å². The molecule has 2 aliphatic carbocycles. The van der Waals surface area contributed by atoms with Crippen LogP contribution in [-0.2, 0) is 21.2 Å². The summed E-state index contributed by atoms with van der Waals surface area (Å²) in [6.07, 6.45) is 5.71. The Bertz CT molecular complexity index is 1260. The van der Waals surface area contributed by atoms with Gasteiger partial charge in [0.05, 0.1) is 23.4 Å². The van der Waals surface area contributed by atoms with Gasteiger partial charge in [0.2, 0.25) is 5.91 Å². The van der Waals surface area contributed by atoms with E-state index in [9.17, 15) is 13.2 Å². The van der Waals surface area contributed by atoms with Crippen LogP contribution in [0.15, 0.2) is 53.6 Å². The quantitative estimate of drug-likeness (QED) is 0.678. The lowest BCUT2D eigenvalue weighted by Gasteiger charge is -2.37. The molecule has 0 bridgehead atoms. The van der Waals surface area contributed by atoms with Gasteiger partial charge in [-0.2, -0.15) is 0 Å². The molecule has 30 heavy (non-hydrogen) atoms. The number of hydrogen-bond acceptors (Lipinski definition) is 5. The fourth-order valence-electron chi connectivity index (χ4n) is 4.52. The first-order valence-corrected chi connectivity index (χ1v) is 11.6. The number of rotatable bonds is 5. The number of amides is 1. The van der Waals surface area contributed by atoms with Crippen molar-refractivity contribution in [1.82, 2.24) is 9.71 Å². The summed E-state index contributed by atoms with van der Waals surface area (Å²) in [4.78, 5) is 17.2. The minimum absolute atomic E-state index is 0.0520. The van der Waals surface area contributed by atoms with Crippen LogP contribution in [0.25, 0.3) is 10.9 Å². The van der Waals surface area contributed by atoms with Crippen LogP contribution in [0.1, 0.15) is 47.8 Å². The Kier molecular flexibility index (Phi) is 4.50. The Hall–Kier alpha value is -2.93. The monoisotopic (exact) mass is 422 g/mol. The first-order valence-electron chi connectivity index (χ1n) is 10.1. The number of nitrogens with zero attached hydrogens (tertiary/aromatic N) is 1. The molecular weight excluding hydrogens is 400 g/mol. The normalized spacial score (nSPS) is 18.2. The second kappa shape index (κ2) is 7.09. The Labute approximate surface area is 175 Å². The number of carbonyl (C=O) groups is 1. The van der Waals surface area contributed by atoms with E-state index < -0.39 is 21.8 Å². The average molecular weight is 423 g/mol. The number of pyridine rings is 1. The summed E-state index contributed by atoms with van der Waals surface area (Å²) < 4.78 is 33.8. The number of benzene rings is 2. The Morgan fingerprint density at radius 1 is 1.13 bits per heavy atom. The van der Waals surface area contributed by atoms with Crippen molar-refractivity contribution in [2.24, 2.45) is 0 Å². The Morgan fingerprint density at radius 3 is 2.70 bits per heavy atom. The van der Waals surface area contributed by atoms with Gasteiger partial charge >= 0.3 is 0 Å². The third-order valence-electron chi connectivity index (χ3n) is 6.32. The zero-order valence-electron chi connectivity index (χ0n) is 16.6. The minimum Gasteiger partial charge on any atom is -0.496 e. The molecule has 2 aliphatic rings. The third kappa shape index (κ3) is 2.96. The van der Waals surface area contributed by atoms with E-state index in [1.54, 1.807) is 37.6 Å². The summed E-state index contributed by atoms with van der Waals surface area (Å²) >= 11 is 0. The predicted octanol–water partition coefficient (Wildman–Crippen LogP) is 3.66. The van der Waals surface area contributed by atoms with Crippen LogP contribution >= 0.6 is 0 Å². The van der Waals surface area contributed by atoms with E-state index in [4.69, 9.17) is 4.74 Å². The highest BCUT2D eigenvalue weighted by Crippen LogP contribution is 2.49. The van der Waals surface area contributed by atoms with E-state index in [1.165, 1.54) is 30.9 Å². The Balaban J connectivity index is 1.45. The number of methoxy groups -OCH3 is 1. The second-order valence-electron chi connectivity index (χ2n) is 7.93. The van der Waals surface area contributed by atoms with Crippen LogP contribution in [-0.4, -0.2) is 26.4 Å². The SMILES string of the molecule is COc1ccc(C2CCC2)c2c1[C@@H](C(=O)NS(=O)(=O)c1cccc3ncccc13)C2. The van der Waals surface area contributed by atoms with Crippen molar-refractivity contribution in [1.29, 1.82) is 0 Å². The number of aromatic nitrogens is 1. The van der Waals surface area contributed by atoms with E-state index in [-0.39, 0.29) is 4.90 Å². The highest BCUT2D eigenvalue weighted by molar-refractivity contribution is 7.90. The molecule has 7 heteroatoms. The molecule has 1 aromatic heterocycles. The van der Waals surface area contributed by atoms with Crippen molar-refractivity contribution in [2.45, 2.75) is 42.4 Å². The van der Waals surface area contributed by atoms with Crippen molar-refractivity contribution in [3.05, 3.63) is 65.4 Å². The molecule has 0 aliphatic heterocycles. The maximum atomic E-state index is 13.0. The van der Waals surface area contributed by atoms with Gasteiger partial charge in [-0.3, -0.25) is 9.78 Å². The number of ether oxygens (including phenoxy) is 1. The van der Waals surface area contributed by atoms with Crippen LogP contribution in [0.4, 0.5) is 0 Å². The molecule has 1 heterocycles. The third-order valence-corrected chi connectivity index (χ3v) is 7.73. The molecule has 1 N–H and O–H groups in total. The molecule has 0 saturated heterocycles. The molecule has 0 spiro atoms. The summed E-state index contributed by atoms with van der Waals surface area (Å²) in [6, 6.07) is 12.2. The van der Waals surface area contributed by atoms with Crippen molar-refractivity contribution >= 4 is 26.8 Å². The number of fused-ring (bicyclic) bond motifs is 2. The van der Waals surface area contributed by atoms with Crippen molar-refractivity contribution < 1.29 is 17.9 Å². The minimum atomic E-state index is -4.03. The molecule has 5 rings (SSSR count). The Morgan fingerprint density at radius 2 is 1.97 bits per heavy atom. The lowest BCUT2D eigenvalue weighted by Crippen LogP contribution is -2.40. The number of sulfonamides is 1. The summed E-state index contributed by atoms with van der Waals surface area (Å²) in [5.74, 6) is 0.136. The van der Waals surface area contributed by atoms with Crippen LogP contribution in [0.2, 0.25) is 0 Å². The molecule has 2 aromatic carbocycles.